The highest BCUT2D eigenvalue weighted by molar-refractivity contribution is 9.10. The Kier molecular flexibility index (Phi) is 3.97. The van der Waals surface area contributed by atoms with Crippen molar-refractivity contribution in [3.8, 4) is 5.75 Å². The first-order valence-corrected chi connectivity index (χ1v) is 7.75. The Labute approximate surface area is 132 Å². The van der Waals surface area contributed by atoms with Crippen LogP contribution in [0.3, 0.4) is 0 Å². The van der Waals surface area contributed by atoms with Crippen molar-refractivity contribution in [3.63, 3.8) is 0 Å². The van der Waals surface area contributed by atoms with Gasteiger partial charge in [-0.1, -0.05) is 28.1 Å². The molecule has 1 heterocycles. The molecule has 0 bridgehead atoms. The van der Waals surface area contributed by atoms with E-state index in [-0.39, 0.29) is 0 Å². The van der Waals surface area contributed by atoms with Crippen LogP contribution in [-0.4, -0.2) is 9.55 Å². The van der Waals surface area contributed by atoms with Crippen LogP contribution in [0.5, 0.6) is 5.75 Å². The molecule has 0 saturated heterocycles. The fourth-order valence-corrected chi connectivity index (χ4v) is 2.73. The molecule has 0 aliphatic heterocycles. The molecule has 3 rings (SSSR count). The average molecular weight is 345 g/mol. The van der Waals surface area contributed by atoms with Crippen LogP contribution in [0.15, 0.2) is 53.4 Å². The third-order valence-corrected chi connectivity index (χ3v) is 3.96. The van der Waals surface area contributed by atoms with Crippen molar-refractivity contribution in [3.05, 3.63) is 59.1 Å². The molecule has 0 N–H and O–H groups in total. The van der Waals surface area contributed by atoms with Crippen molar-refractivity contribution in [2.45, 2.75) is 26.5 Å². The number of halogens is 1. The second-order valence-corrected chi connectivity index (χ2v) is 6.24. The van der Waals surface area contributed by atoms with Gasteiger partial charge in [0.25, 0.3) is 0 Å². The van der Waals surface area contributed by atoms with E-state index in [1.807, 2.05) is 24.7 Å². The molecular formula is C17H17BrN2O. The molecule has 0 aliphatic carbocycles. The summed E-state index contributed by atoms with van der Waals surface area (Å²) in [5, 5.41) is 2.37. The lowest BCUT2D eigenvalue weighted by atomic mass is 10.1. The molecule has 0 saturated carbocycles. The quantitative estimate of drug-likeness (QED) is 0.668. The number of ether oxygens (including phenoxy) is 1. The van der Waals surface area contributed by atoms with Gasteiger partial charge >= 0.3 is 0 Å². The van der Waals surface area contributed by atoms with Crippen molar-refractivity contribution >= 4 is 26.7 Å². The van der Waals surface area contributed by atoms with Crippen LogP contribution in [0.2, 0.25) is 0 Å². The second kappa shape index (κ2) is 5.90. The molecule has 108 valence electrons. The van der Waals surface area contributed by atoms with Crippen LogP contribution in [0.1, 0.15) is 25.6 Å². The van der Waals surface area contributed by atoms with E-state index in [1.54, 1.807) is 0 Å². The van der Waals surface area contributed by atoms with Gasteiger partial charge in [0.15, 0.2) is 0 Å². The molecule has 0 radical (unpaired) electrons. The van der Waals surface area contributed by atoms with Crippen LogP contribution in [-0.2, 0) is 6.61 Å². The van der Waals surface area contributed by atoms with Crippen LogP contribution in [0.25, 0.3) is 10.8 Å². The molecular weight excluding hydrogens is 328 g/mol. The smallest absolute Gasteiger partial charge is 0.130 e. The van der Waals surface area contributed by atoms with Gasteiger partial charge in [-0.15, -0.1) is 0 Å². The SMILES string of the molecule is CC(C)n1cncc1COc1ccc2cc(Br)ccc2c1. The highest BCUT2D eigenvalue weighted by atomic mass is 79.9. The lowest BCUT2D eigenvalue weighted by Gasteiger charge is -2.13. The number of benzene rings is 2. The maximum absolute atomic E-state index is 5.91. The number of hydrogen-bond acceptors (Lipinski definition) is 2. The first kappa shape index (κ1) is 14.1. The molecule has 0 fully saturated rings. The number of hydrogen-bond donors (Lipinski definition) is 0. The van der Waals surface area contributed by atoms with Gasteiger partial charge in [0.1, 0.15) is 12.4 Å². The summed E-state index contributed by atoms with van der Waals surface area (Å²) in [7, 11) is 0. The summed E-state index contributed by atoms with van der Waals surface area (Å²) in [4.78, 5) is 4.19. The first-order valence-electron chi connectivity index (χ1n) is 6.96. The molecule has 0 atom stereocenters. The summed E-state index contributed by atoms with van der Waals surface area (Å²) in [5.74, 6) is 0.876. The van der Waals surface area contributed by atoms with E-state index < -0.39 is 0 Å². The van der Waals surface area contributed by atoms with Crippen LogP contribution in [0.4, 0.5) is 0 Å². The van der Waals surface area contributed by atoms with Crippen LogP contribution < -0.4 is 4.74 Å². The minimum Gasteiger partial charge on any atom is -0.487 e. The van der Waals surface area contributed by atoms with E-state index in [1.165, 1.54) is 10.8 Å². The molecule has 3 nitrogen and oxygen atoms in total. The minimum atomic E-state index is 0.389. The van der Waals surface area contributed by atoms with Gasteiger partial charge in [-0.2, -0.15) is 0 Å². The van der Waals surface area contributed by atoms with Crippen molar-refractivity contribution in [2.75, 3.05) is 0 Å². The maximum Gasteiger partial charge on any atom is 0.130 e. The van der Waals surface area contributed by atoms with E-state index >= 15 is 0 Å². The van der Waals surface area contributed by atoms with E-state index in [9.17, 15) is 0 Å². The van der Waals surface area contributed by atoms with Crippen molar-refractivity contribution in [2.24, 2.45) is 0 Å². The summed E-state index contributed by atoms with van der Waals surface area (Å²) in [5.41, 5.74) is 1.08. The lowest BCUT2D eigenvalue weighted by Crippen LogP contribution is -2.07. The average Bonchev–Trinajstić information content (AvgIpc) is 2.93. The largest absolute Gasteiger partial charge is 0.487 e. The normalized spacial score (nSPS) is 11.2. The second-order valence-electron chi connectivity index (χ2n) is 5.33. The lowest BCUT2D eigenvalue weighted by molar-refractivity contribution is 0.292. The van der Waals surface area contributed by atoms with Crippen molar-refractivity contribution in [1.29, 1.82) is 0 Å². The third-order valence-electron chi connectivity index (χ3n) is 3.46. The zero-order chi connectivity index (χ0) is 14.8. The van der Waals surface area contributed by atoms with E-state index in [4.69, 9.17) is 4.74 Å². The predicted octanol–water partition coefficient (Wildman–Crippen LogP) is 4.96. The molecule has 0 spiro atoms. The Hall–Kier alpha value is -1.81. The van der Waals surface area contributed by atoms with Gasteiger partial charge in [-0.3, -0.25) is 0 Å². The zero-order valence-corrected chi connectivity index (χ0v) is 13.7. The molecule has 1 aromatic heterocycles. The first-order chi connectivity index (χ1) is 10.1. The van der Waals surface area contributed by atoms with Crippen LogP contribution in [0, 0.1) is 0 Å². The summed E-state index contributed by atoms with van der Waals surface area (Å²) in [6.07, 6.45) is 3.71. The van der Waals surface area contributed by atoms with Gasteiger partial charge in [0, 0.05) is 10.5 Å². The van der Waals surface area contributed by atoms with E-state index in [2.05, 4.69) is 63.6 Å². The molecule has 3 aromatic rings. The molecule has 0 unspecified atom stereocenters. The maximum atomic E-state index is 5.91. The molecule has 2 aromatic carbocycles. The summed E-state index contributed by atoms with van der Waals surface area (Å²) in [6.45, 7) is 4.80. The van der Waals surface area contributed by atoms with Crippen molar-refractivity contribution < 1.29 is 4.74 Å². The number of imidazole rings is 1. The monoisotopic (exact) mass is 344 g/mol. The Bertz CT molecular complexity index is 764. The zero-order valence-electron chi connectivity index (χ0n) is 12.1. The summed E-state index contributed by atoms with van der Waals surface area (Å²) in [6, 6.07) is 12.8. The van der Waals surface area contributed by atoms with Gasteiger partial charge < -0.3 is 9.30 Å². The number of rotatable bonds is 4. The van der Waals surface area contributed by atoms with Gasteiger partial charge in [0.2, 0.25) is 0 Å². The van der Waals surface area contributed by atoms with Gasteiger partial charge in [-0.05, 0) is 48.9 Å². The standard InChI is InChI=1S/C17H17BrN2O/c1-12(2)20-11-19-9-16(20)10-21-17-6-4-13-7-15(18)5-3-14(13)8-17/h3-9,11-12H,10H2,1-2H3. The molecule has 0 aliphatic rings. The van der Waals surface area contributed by atoms with Crippen LogP contribution >= 0.6 is 15.9 Å². The number of fused-ring (bicyclic) bond motifs is 1. The molecule has 21 heavy (non-hydrogen) atoms. The van der Waals surface area contributed by atoms with E-state index in [0.29, 0.717) is 12.6 Å². The fourth-order valence-electron chi connectivity index (χ4n) is 2.35. The summed E-state index contributed by atoms with van der Waals surface area (Å²) >= 11 is 3.49. The number of aromatic nitrogens is 2. The Morgan fingerprint density at radius 1 is 1.14 bits per heavy atom. The van der Waals surface area contributed by atoms with Gasteiger partial charge in [-0.25, -0.2) is 4.98 Å². The third kappa shape index (κ3) is 3.10. The molecule has 0 amide bonds. The number of nitrogens with zero attached hydrogens (tertiary/aromatic N) is 2. The Morgan fingerprint density at radius 2 is 1.90 bits per heavy atom. The topological polar surface area (TPSA) is 27.1 Å². The van der Waals surface area contributed by atoms with E-state index in [0.717, 1.165) is 15.9 Å². The highest BCUT2D eigenvalue weighted by Gasteiger charge is 2.06. The minimum absolute atomic E-state index is 0.389. The Morgan fingerprint density at radius 3 is 2.71 bits per heavy atom. The highest BCUT2D eigenvalue weighted by Crippen LogP contribution is 2.24. The summed E-state index contributed by atoms with van der Waals surface area (Å²) < 4.78 is 9.12. The predicted molar refractivity (Wildman–Crippen MR) is 88.6 cm³/mol. The van der Waals surface area contributed by atoms with Gasteiger partial charge in [0.05, 0.1) is 18.2 Å². The van der Waals surface area contributed by atoms with Crippen molar-refractivity contribution in [1.82, 2.24) is 9.55 Å². The fraction of sp³-hybridized carbons (Fsp3) is 0.235. The Balaban J connectivity index is 1.79. The molecule has 4 heteroatoms.